The average molecular weight is 268 g/mol. The van der Waals surface area contributed by atoms with Crippen LogP contribution in [0.5, 0.6) is 0 Å². The van der Waals surface area contributed by atoms with E-state index in [-0.39, 0.29) is 17.9 Å². The molecule has 3 nitrogen and oxygen atoms in total. The van der Waals surface area contributed by atoms with E-state index in [2.05, 4.69) is 11.8 Å². The molecule has 0 amide bonds. The lowest BCUT2D eigenvalue weighted by Gasteiger charge is -2.32. The maximum absolute atomic E-state index is 13.4. The van der Waals surface area contributed by atoms with E-state index in [4.69, 9.17) is 10.5 Å². The van der Waals surface area contributed by atoms with E-state index < -0.39 is 0 Å². The first kappa shape index (κ1) is 16.1. The highest BCUT2D eigenvalue weighted by molar-refractivity contribution is 5.21. The Bertz CT molecular complexity index is 373. The second-order valence-corrected chi connectivity index (χ2v) is 4.90. The van der Waals surface area contributed by atoms with Crippen molar-refractivity contribution in [2.75, 3.05) is 27.3 Å². The summed E-state index contributed by atoms with van der Waals surface area (Å²) < 4.78 is 18.5. The van der Waals surface area contributed by atoms with Crippen molar-refractivity contribution in [1.82, 2.24) is 4.90 Å². The van der Waals surface area contributed by atoms with Gasteiger partial charge in [-0.1, -0.05) is 19.1 Å². The summed E-state index contributed by atoms with van der Waals surface area (Å²) in [5.41, 5.74) is 7.15. The van der Waals surface area contributed by atoms with Crippen LogP contribution in [-0.4, -0.2) is 38.3 Å². The summed E-state index contributed by atoms with van der Waals surface area (Å²) in [4.78, 5) is 2.18. The molecule has 0 heterocycles. The van der Waals surface area contributed by atoms with Crippen LogP contribution in [-0.2, 0) is 4.74 Å². The first-order valence-corrected chi connectivity index (χ1v) is 6.80. The molecular formula is C15H25FN2O. The Hall–Kier alpha value is -0.970. The van der Waals surface area contributed by atoms with Crippen molar-refractivity contribution in [1.29, 1.82) is 0 Å². The lowest BCUT2D eigenvalue weighted by molar-refractivity contribution is 0.155. The third-order valence-corrected chi connectivity index (χ3v) is 3.40. The summed E-state index contributed by atoms with van der Waals surface area (Å²) >= 11 is 0. The minimum atomic E-state index is -0.212. The summed E-state index contributed by atoms with van der Waals surface area (Å²) in [6.45, 7) is 3.66. The Morgan fingerprint density at radius 2 is 2.16 bits per heavy atom. The molecule has 2 unspecified atom stereocenters. The lowest BCUT2D eigenvalue weighted by atomic mass is 9.96. The van der Waals surface area contributed by atoms with Gasteiger partial charge in [-0.05, 0) is 37.6 Å². The molecule has 1 aromatic rings. The van der Waals surface area contributed by atoms with E-state index in [1.807, 2.05) is 13.1 Å². The molecule has 1 aromatic carbocycles. The highest BCUT2D eigenvalue weighted by atomic mass is 19.1. The fourth-order valence-electron chi connectivity index (χ4n) is 2.34. The molecule has 108 valence electrons. The molecule has 0 fully saturated rings. The maximum atomic E-state index is 13.4. The zero-order chi connectivity index (χ0) is 14.3. The van der Waals surface area contributed by atoms with Gasteiger partial charge in [0.25, 0.3) is 0 Å². The highest BCUT2D eigenvalue weighted by Gasteiger charge is 2.23. The Morgan fingerprint density at radius 3 is 2.74 bits per heavy atom. The zero-order valence-electron chi connectivity index (χ0n) is 12.1. The van der Waals surface area contributed by atoms with E-state index in [1.54, 1.807) is 19.2 Å². The maximum Gasteiger partial charge on any atom is 0.123 e. The molecule has 0 aromatic heterocycles. The van der Waals surface area contributed by atoms with Gasteiger partial charge in [0, 0.05) is 32.3 Å². The second kappa shape index (κ2) is 8.25. The normalized spacial score (nSPS) is 14.6. The van der Waals surface area contributed by atoms with E-state index in [0.717, 1.165) is 31.6 Å². The van der Waals surface area contributed by atoms with Crippen molar-refractivity contribution in [2.45, 2.75) is 31.8 Å². The number of nitrogens with two attached hydrogens (primary N) is 1. The summed E-state index contributed by atoms with van der Waals surface area (Å²) in [5, 5.41) is 0. The number of hydrogen-bond donors (Lipinski definition) is 1. The van der Waals surface area contributed by atoms with Crippen molar-refractivity contribution in [3.8, 4) is 0 Å². The van der Waals surface area contributed by atoms with Crippen molar-refractivity contribution in [3.05, 3.63) is 35.6 Å². The summed E-state index contributed by atoms with van der Waals surface area (Å²) in [6, 6.07) is 6.75. The van der Waals surface area contributed by atoms with Gasteiger partial charge in [-0.25, -0.2) is 4.39 Å². The minimum Gasteiger partial charge on any atom is -0.385 e. The molecule has 0 radical (unpaired) electrons. The molecule has 0 aliphatic heterocycles. The van der Waals surface area contributed by atoms with Crippen LogP contribution in [0.3, 0.4) is 0 Å². The Morgan fingerprint density at radius 1 is 1.42 bits per heavy atom. The van der Waals surface area contributed by atoms with Crippen molar-refractivity contribution in [3.63, 3.8) is 0 Å². The van der Waals surface area contributed by atoms with Crippen molar-refractivity contribution in [2.24, 2.45) is 5.73 Å². The van der Waals surface area contributed by atoms with Crippen LogP contribution in [0, 0.1) is 5.82 Å². The van der Waals surface area contributed by atoms with Crippen molar-refractivity contribution >= 4 is 0 Å². The minimum absolute atomic E-state index is 0.00524. The van der Waals surface area contributed by atoms with Gasteiger partial charge in [0.05, 0.1) is 0 Å². The standard InChI is InChI=1S/C15H25FN2O/c1-4-14(17)15(18(2)9-6-10-19-3)12-7-5-8-13(16)11-12/h5,7-8,11,14-15H,4,6,9-10,17H2,1-3H3. The summed E-state index contributed by atoms with van der Waals surface area (Å²) in [6.07, 6.45) is 1.80. The second-order valence-electron chi connectivity index (χ2n) is 4.90. The molecule has 0 aliphatic carbocycles. The topological polar surface area (TPSA) is 38.5 Å². The predicted molar refractivity (Wildman–Crippen MR) is 76.5 cm³/mol. The predicted octanol–water partition coefficient (Wildman–Crippen LogP) is 2.57. The van der Waals surface area contributed by atoms with Crippen LogP contribution in [0.1, 0.15) is 31.4 Å². The van der Waals surface area contributed by atoms with Gasteiger partial charge < -0.3 is 10.5 Å². The molecular weight excluding hydrogens is 243 g/mol. The SMILES string of the molecule is CCC(N)C(c1cccc(F)c1)N(C)CCCOC. The fourth-order valence-corrected chi connectivity index (χ4v) is 2.34. The largest absolute Gasteiger partial charge is 0.385 e. The van der Waals surface area contributed by atoms with Crippen LogP contribution in [0.4, 0.5) is 4.39 Å². The van der Waals surface area contributed by atoms with Gasteiger partial charge in [-0.15, -0.1) is 0 Å². The molecule has 19 heavy (non-hydrogen) atoms. The van der Waals surface area contributed by atoms with Crippen LogP contribution in [0.2, 0.25) is 0 Å². The first-order chi connectivity index (χ1) is 9.10. The number of ether oxygens (including phenoxy) is 1. The molecule has 2 atom stereocenters. The van der Waals surface area contributed by atoms with Gasteiger partial charge in [0.2, 0.25) is 0 Å². The molecule has 1 rings (SSSR count). The van der Waals surface area contributed by atoms with Gasteiger partial charge in [0.1, 0.15) is 5.82 Å². The van der Waals surface area contributed by atoms with E-state index >= 15 is 0 Å². The number of likely N-dealkylation sites (N-methyl/N-ethyl adjacent to an activating group) is 1. The number of nitrogens with zero attached hydrogens (tertiary/aromatic N) is 1. The Balaban J connectivity index is 2.82. The van der Waals surface area contributed by atoms with E-state index in [0.29, 0.717) is 0 Å². The van der Waals surface area contributed by atoms with Crippen LogP contribution in [0.15, 0.2) is 24.3 Å². The Kier molecular flexibility index (Phi) is 6.99. The smallest absolute Gasteiger partial charge is 0.123 e. The van der Waals surface area contributed by atoms with Gasteiger partial charge in [-0.3, -0.25) is 4.90 Å². The zero-order valence-corrected chi connectivity index (χ0v) is 12.1. The van der Waals surface area contributed by atoms with E-state index in [9.17, 15) is 4.39 Å². The third-order valence-electron chi connectivity index (χ3n) is 3.40. The molecule has 4 heteroatoms. The number of hydrogen-bond acceptors (Lipinski definition) is 3. The van der Waals surface area contributed by atoms with Crippen LogP contribution < -0.4 is 5.73 Å². The fraction of sp³-hybridized carbons (Fsp3) is 0.600. The third kappa shape index (κ3) is 4.90. The van der Waals surface area contributed by atoms with Gasteiger partial charge in [-0.2, -0.15) is 0 Å². The highest BCUT2D eigenvalue weighted by Crippen LogP contribution is 2.24. The molecule has 0 spiro atoms. The van der Waals surface area contributed by atoms with Crippen molar-refractivity contribution < 1.29 is 9.13 Å². The molecule has 0 saturated heterocycles. The lowest BCUT2D eigenvalue weighted by Crippen LogP contribution is -2.39. The average Bonchev–Trinajstić information content (AvgIpc) is 2.39. The molecule has 0 aliphatic rings. The van der Waals surface area contributed by atoms with Crippen LogP contribution in [0.25, 0.3) is 0 Å². The quantitative estimate of drug-likeness (QED) is 0.736. The summed E-state index contributed by atoms with van der Waals surface area (Å²) in [7, 11) is 3.72. The Labute approximate surface area is 115 Å². The number of benzene rings is 1. The van der Waals surface area contributed by atoms with Gasteiger partial charge in [0.15, 0.2) is 0 Å². The molecule has 2 N–H and O–H groups in total. The van der Waals surface area contributed by atoms with Gasteiger partial charge >= 0.3 is 0 Å². The number of rotatable bonds is 8. The first-order valence-electron chi connectivity index (χ1n) is 6.80. The number of methoxy groups -OCH3 is 1. The molecule has 0 bridgehead atoms. The summed E-state index contributed by atoms with van der Waals surface area (Å²) in [5.74, 6) is -0.212. The monoisotopic (exact) mass is 268 g/mol. The number of halogens is 1. The van der Waals surface area contributed by atoms with Crippen LogP contribution >= 0.6 is 0 Å². The van der Waals surface area contributed by atoms with E-state index in [1.165, 1.54) is 6.07 Å². The molecule has 0 saturated carbocycles.